The minimum absolute atomic E-state index is 0.890. The van der Waals surface area contributed by atoms with Crippen LogP contribution < -0.4 is 21.7 Å². The first kappa shape index (κ1) is 20.3. The number of hydrogen-bond acceptors (Lipinski definition) is 4. The summed E-state index contributed by atoms with van der Waals surface area (Å²) in [7, 11) is 0. The van der Waals surface area contributed by atoms with Crippen molar-refractivity contribution in [2.24, 2.45) is 0 Å². The molecule has 0 saturated heterocycles. The van der Waals surface area contributed by atoms with Crippen molar-refractivity contribution in [1.82, 2.24) is 0 Å². The van der Waals surface area contributed by atoms with E-state index in [0.29, 0.717) is 0 Å². The Bertz CT molecular complexity index is 508. The van der Waals surface area contributed by atoms with Gasteiger partial charge in [0.05, 0.1) is 13.1 Å². The largest absolute Gasteiger partial charge is 0.550 e. The summed E-state index contributed by atoms with van der Waals surface area (Å²) in [6, 6.07) is 20.4. The molecule has 124 valence electrons. The number of hydrogen-bond donors (Lipinski definition) is 2. The predicted molar refractivity (Wildman–Crippen MR) is 80.7 cm³/mol. The number of quaternary nitrogens is 2. The molecular weight excluding hydrogens is 296 g/mol. The van der Waals surface area contributed by atoms with Crippen LogP contribution in [0.3, 0.4) is 0 Å². The fourth-order valence-corrected chi connectivity index (χ4v) is 1.41. The maximum atomic E-state index is 9.28. The van der Waals surface area contributed by atoms with Crippen molar-refractivity contribution in [3.05, 3.63) is 71.8 Å². The van der Waals surface area contributed by atoms with Gasteiger partial charge in [-0.25, -0.2) is 0 Å². The maximum absolute atomic E-state index is 9.28. The normalized spacial score (nSPS) is 8.78. The van der Waals surface area contributed by atoms with Gasteiger partial charge in [0.1, 0.15) is 0 Å². The van der Waals surface area contributed by atoms with Crippen LogP contribution in [0.15, 0.2) is 60.7 Å². The summed E-state index contributed by atoms with van der Waals surface area (Å²) in [5, 5.41) is 18.6. The lowest BCUT2D eigenvalue weighted by atomic mass is 10.2. The summed E-state index contributed by atoms with van der Waals surface area (Å²) in [6.07, 6.45) is -1.03. The van der Waals surface area contributed by atoms with Gasteiger partial charge in [-0.2, -0.15) is 0 Å². The third-order valence-corrected chi connectivity index (χ3v) is 2.55. The van der Waals surface area contributed by atoms with Crippen LogP contribution in [0, 0.1) is 0 Å². The second-order valence-corrected chi connectivity index (χ2v) is 4.39. The minimum Gasteiger partial charge on any atom is -0.550 e. The highest BCUT2D eigenvalue weighted by Crippen LogP contribution is 1.94. The summed E-state index contributed by atoms with van der Waals surface area (Å²) in [5.74, 6) is -3.25. The number of carbonyl (C=O) groups is 2. The molecule has 0 aliphatic carbocycles. The van der Waals surface area contributed by atoms with Crippen LogP contribution in [0.2, 0.25) is 0 Å². The lowest BCUT2D eigenvalue weighted by Gasteiger charge is -1.99. The highest BCUT2D eigenvalue weighted by Gasteiger charge is 1.83. The average Bonchev–Trinajstić information content (AvgIpc) is 2.56. The number of carboxylic acid groups (broad SMARTS) is 2. The molecule has 6 N–H and O–H groups in total. The van der Waals surface area contributed by atoms with Gasteiger partial charge in [0, 0.05) is 29.5 Å². The molecule has 0 fully saturated rings. The molecule has 0 aliphatic rings. The van der Waals surface area contributed by atoms with Crippen LogP contribution in [0.1, 0.15) is 17.5 Å². The van der Waals surface area contributed by atoms with Gasteiger partial charge in [0.25, 0.3) is 0 Å². The van der Waals surface area contributed by atoms with E-state index in [2.05, 4.69) is 35.7 Å². The molecule has 0 amide bonds. The fraction of sp³-hybridized carbons (Fsp3) is 0.176. The molecule has 6 nitrogen and oxygen atoms in total. The van der Waals surface area contributed by atoms with E-state index in [1.165, 1.54) is 11.1 Å². The number of benzene rings is 2. The van der Waals surface area contributed by atoms with Gasteiger partial charge < -0.3 is 31.3 Å². The molecule has 0 unspecified atom stereocenters. The van der Waals surface area contributed by atoms with Gasteiger partial charge in [0.15, 0.2) is 0 Å². The number of carboxylic acids is 2. The first-order chi connectivity index (χ1) is 11.0. The van der Waals surface area contributed by atoms with Crippen molar-refractivity contribution in [1.29, 1.82) is 0 Å². The Kier molecular flexibility index (Phi) is 11.5. The van der Waals surface area contributed by atoms with Gasteiger partial charge in [-0.3, -0.25) is 0 Å². The molecule has 0 bridgehead atoms. The van der Waals surface area contributed by atoms with Gasteiger partial charge >= 0.3 is 0 Å². The zero-order chi connectivity index (χ0) is 17.5. The second-order valence-electron chi connectivity index (χ2n) is 4.39. The van der Waals surface area contributed by atoms with Crippen molar-refractivity contribution in [2.75, 3.05) is 0 Å². The summed E-state index contributed by atoms with van der Waals surface area (Å²) in [4.78, 5) is 18.6. The second kappa shape index (κ2) is 13.0. The molecular formula is C17H22N2O4. The zero-order valence-corrected chi connectivity index (χ0v) is 12.9. The monoisotopic (exact) mass is 318 g/mol. The van der Waals surface area contributed by atoms with E-state index >= 15 is 0 Å². The molecule has 0 spiro atoms. The first-order valence-corrected chi connectivity index (χ1v) is 7.05. The van der Waals surface area contributed by atoms with Crippen molar-refractivity contribution in [3.63, 3.8) is 0 Å². The van der Waals surface area contributed by atoms with Crippen LogP contribution in [0.4, 0.5) is 0 Å². The summed E-state index contributed by atoms with van der Waals surface area (Å²) >= 11 is 0. The molecule has 2 aromatic rings. The van der Waals surface area contributed by atoms with Gasteiger partial charge in [-0.15, -0.1) is 0 Å². The summed E-state index contributed by atoms with van der Waals surface area (Å²) in [6.45, 7) is 1.78. The minimum atomic E-state index is -1.63. The maximum Gasteiger partial charge on any atom is 0.0997 e. The molecule has 2 aromatic carbocycles. The Labute approximate surface area is 135 Å². The van der Waals surface area contributed by atoms with Gasteiger partial charge in [-0.1, -0.05) is 60.7 Å². The Morgan fingerprint density at radius 1 is 0.696 bits per heavy atom. The van der Waals surface area contributed by atoms with Crippen LogP contribution in [0.5, 0.6) is 0 Å². The Morgan fingerprint density at radius 3 is 1.13 bits per heavy atom. The van der Waals surface area contributed by atoms with E-state index < -0.39 is 18.4 Å². The molecule has 0 heterocycles. The molecule has 6 heteroatoms. The first-order valence-electron chi connectivity index (χ1n) is 7.05. The smallest absolute Gasteiger partial charge is 0.0997 e. The topological polar surface area (TPSA) is 136 Å². The third kappa shape index (κ3) is 12.7. The van der Waals surface area contributed by atoms with Crippen molar-refractivity contribution < 1.29 is 31.3 Å². The molecule has 23 heavy (non-hydrogen) atoms. The predicted octanol–water partition coefficient (Wildman–Crippen LogP) is -2.27. The van der Waals surface area contributed by atoms with E-state index in [1.54, 1.807) is 0 Å². The van der Waals surface area contributed by atoms with Crippen LogP contribution >= 0.6 is 0 Å². The van der Waals surface area contributed by atoms with E-state index in [0.717, 1.165) is 13.1 Å². The van der Waals surface area contributed by atoms with Crippen molar-refractivity contribution in [3.8, 4) is 0 Å². The molecule has 0 radical (unpaired) electrons. The zero-order valence-electron chi connectivity index (χ0n) is 12.9. The average molecular weight is 318 g/mol. The molecule has 2 rings (SSSR count). The summed E-state index contributed by atoms with van der Waals surface area (Å²) in [5.41, 5.74) is 10.1. The number of carbonyl (C=O) groups excluding carboxylic acids is 2. The third-order valence-electron chi connectivity index (χ3n) is 2.55. The van der Waals surface area contributed by atoms with Crippen molar-refractivity contribution >= 4 is 11.9 Å². The summed E-state index contributed by atoms with van der Waals surface area (Å²) < 4.78 is 0. The van der Waals surface area contributed by atoms with Gasteiger partial charge in [-0.05, 0) is 0 Å². The van der Waals surface area contributed by atoms with Crippen LogP contribution in [0.25, 0.3) is 0 Å². The Morgan fingerprint density at radius 2 is 1.00 bits per heavy atom. The molecule has 0 saturated carbocycles. The van der Waals surface area contributed by atoms with Gasteiger partial charge in [0.2, 0.25) is 0 Å². The standard InChI is InChI=1S/2C7H9N.C3H4O4/c2*8-6-7-4-2-1-3-5-7;4-2(5)1-3(6)7/h2*1-5H,6,8H2;1H2,(H,4,5)(H,6,7). The van der Waals surface area contributed by atoms with Crippen molar-refractivity contribution in [2.45, 2.75) is 19.5 Å². The molecule has 0 aromatic heterocycles. The highest BCUT2D eigenvalue weighted by molar-refractivity contribution is 5.86. The molecule has 0 aliphatic heterocycles. The lowest BCUT2D eigenvalue weighted by molar-refractivity contribution is -0.386. The van der Waals surface area contributed by atoms with E-state index in [4.69, 9.17) is 0 Å². The lowest BCUT2D eigenvalue weighted by Crippen LogP contribution is -2.47. The van der Waals surface area contributed by atoms with E-state index in [1.807, 2.05) is 36.4 Å². The number of rotatable bonds is 4. The highest BCUT2D eigenvalue weighted by atomic mass is 16.4. The Hall–Kier alpha value is -2.70. The fourth-order valence-electron chi connectivity index (χ4n) is 1.41. The Balaban J connectivity index is 0.000000317. The van der Waals surface area contributed by atoms with E-state index in [-0.39, 0.29) is 0 Å². The SMILES string of the molecule is O=C([O-])CC(=O)[O-].[NH3+]Cc1ccccc1.[NH3+]Cc1ccccc1. The van der Waals surface area contributed by atoms with Crippen LogP contribution in [-0.4, -0.2) is 11.9 Å². The quantitative estimate of drug-likeness (QED) is 0.614. The number of aliphatic carboxylic acids is 2. The molecule has 0 atom stereocenters. The van der Waals surface area contributed by atoms with E-state index in [9.17, 15) is 19.8 Å². The van der Waals surface area contributed by atoms with Crippen LogP contribution in [-0.2, 0) is 22.7 Å².